The SMILES string of the molecule is Cc1ccc2ccccc2c1NC(=O)c1cnn(CCN(C)C)c1. The summed E-state index contributed by atoms with van der Waals surface area (Å²) >= 11 is 0. The lowest BCUT2D eigenvalue weighted by Gasteiger charge is -2.11. The number of fused-ring (bicyclic) bond motifs is 1. The average Bonchev–Trinajstić information content (AvgIpc) is 3.04. The zero-order chi connectivity index (χ0) is 17.1. The highest BCUT2D eigenvalue weighted by Crippen LogP contribution is 2.27. The van der Waals surface area contributed by atoms with E-state index in [9.17, 15) is 4.79 Å². The number of aryl methyl sites for hydroxylation is 1. The Morgan fingerprint density at radius 1 is 1.21 bits per heavy atom. The maximum atomic E-state index is 12.6. The molecule has 2 aromatic carbocycles. The van der Waals surface area contributed by atoms with E-state index in [1.807, 2.05) is 51.4 Å². The largest absolute Gasteiger partial charge is 0.321 e. The van der Waals surface area contributed by atoms with Crippen LogP contribution in [0.15, 0.2) is 48.8 Å². The minimum absolute atomic E-state index is 0.134. The molecule has 3 rings (SSSR count). The monoisotopic (exact) mass is 322 g/mol. The maximum Gasteiger partial charge on any atom is 0.258 e. The third-order valence-electron chi connectivity index (χ3n) is 4.05. The van der Waals surface area contributed by atoms with Crippen LogP contribution in [0.1, 0.15) is 15.9 Å². The van der Waals surface area contributed by atoms with Gasteiger partial charge in [-0.05, 0) is 32.0 Å². The van der Waals surface area contributed by atoms with Crippen LogP contribution in [0.4, 0.5) is 5.69 Å². The fourth-order valence-electron chi connectivity index (χ4n) is 2.64. The van der Waals surface area contributed by atoms with Crippen molar-refractivity contribution in [2.75, 3.05) is 26.0 Å². The van der Waals surface area contributed by atoms with E-state index in [2.05, 4.69) is 21.4 Å². The molecule has 0 fully saturated rings. The van der Waals surface area contributed by atoms with E-state index in [0.717, 1.165) is 35.1 Å². The van der Waals surface area contributed by atoms with Crippen molar-refractivity contribution in [3.05, 3.63) is 59.9 Å². The summed E-state index contributed by atoms with van der Waals surface area (Å²) in [6.07, 6.45) is 3.41. The van der Waals surface area contributed by atoms with E-state index >= 15 is 0 Å². The highest BCUT2D eigenvalue weighted by molar-refractivity contribution is 6.09. The van der Waals surface area contributed by atoms with Crippen molar-refractivity contribution >= 4 is 22.4 Å². The highest BCUT2D eigenvalue weighted by atomic mass is 16.1. The summed E-state index contributed by atoms with van der Waals surface area (Å²) in [5.41, 5.74) is 2.47. The van der Waals surface area contributed by atoms with Gasteiger partial charge in [0.25, 0.3) is 5.91 Å². The van der Waals surface area contributed by atoms with Crippen molar-refractivity contribution < 1.29 is 4.79 Å². The first-order valence-corrected chi connectivity index (χ1v) is 8.01. The number of carbonyl (C=O) groups excluding carboxylic acids is 1. The lowest BCUT2D eigenvalue weighted by atomic mass is 10.0. The van der Waals surface area contributed by atoms with Crippen LogP contribution in [0.25, 0.3) is 10.8 Å². The molecule has 24 heavy (non-hydrogen) atoms. The van der Waals surface area contributed by atoms with Crippen LogP contribution in [-0.2, 0) is 6.54 Å². The van der Waals surface area contributed by atoms with Gasteiger partial charge in [0.05, 0.1) is 24.0 Å². The third kappa shape index (κ3) is 3.46. The van der Waals surface area contributed by atoms with Gasteiger partial charge in [-0.2, -0.15) is 5.10 Å². The van der Waals surface area contributed by atoms with Gasteiger partial charge in [-0.1, -0.05) is 36.4 Å². The summed E-state index contributed by atoms with van der Waals surface area (Å²) in [7, 11) is 4.03. The average molecular weight is 322 g/mol. The second-order valence-corrected chi connectivity index (χ2v) is 6.23. The summed E-state index contributed by atoms with van der Waals surface area (Å²) in [5.74, 6) is -0.134. The molecule has 0 saturated heterocycles. The summed E-state index contributed by atoms with van der Waals surface area (Å²) in [6.45, 7) is 3.64. The Morgan fingerprint density at radius 3 is 2.79 bits per heavy atom. The third-order valence-corrected chi connectivity index (χ3v) is 4.05. The summed E-state index contributed by atoms with van der Waals surface area (Å²) < 4.78 is 1.80. The number of anilines is 1. The number of amides is 1. The zero-order valence-electron chi connectivity index (χ0n) is 14.3. The van der Waals surface area contributed by atoms with Crippen molar-refractivity contribution in [1.82, 2.24) is 14.7 Å². The van der Waals surface area contributed by atoms with Gasteiger partial charge in [0, 0.05) is 18.1 Å². The standard InChI is InChI=1S/C19H22N4O/c1-14-8-9-15-6-4-5-7-17(15)18(14)21-19(24)16-12-20-23(13-16)11-10-22(2)3/h4-9,12-13H,10-11H2,1-3H3,(H,21,24). The molecular weight excluding hydrogens is 300 g/mol. The van der Waals surface area contributed by atoms with E-state index < -0.39 is 0 Å². The first-order chi connectivity index (χ1) is 11.5. The molecule has 0 aliphatic carbocycles. The second kappa shape index (κ2) is 6.84. The lowest BCUT2D eigenvalue weighted by molar-refractivity contribution is 0.102. The number of rotatable bonds is 5. The van der Waals surface area contributed by atoms with E-state index in [4.69, 9.17) is 0 Å². The molecule has 5 nitrogen and oxygen atoms in total. The van der Waals surface area contributed by atoms with Crippen molar-refractivity contribution in [3.63, 3.8) is 0 Å². The Kier molecular flexibility index (Phi) is 4.62. The molecule has 1 amide bonds. The molecule has 0 aliphatic rings. The van der Waals surface area contributed by atoms with Gasteiger partial charge < -0.3 is 10.2 Å². The molecule has 1 N–H and O–H groups in total. The number of nitrogens with one attached hydrogen (secondary N) is 1. The smallest absolute Gasteiger partial charge is 0.258 e. The number of hydrogen-bond acceptors (Lipinski definition) is 3. The molecule has 0 spiro atoms. The first kappa shape index (κ1) is 16.2. The molecule has 0 saturated carbocycles. The van der Waals surface area contributed by atoms with Crippen LogP contribution in [-0.4, -0.2) is 41.2 Å². The fourth-order valence-corrected chi connectivity index (χ4v) is 2.64. The van der Waals surface area contributed by atoms with Gasteiger partial charge >= 0.3 is 0 Å². The molecule has 124 valence electrons. The van der Waals surface area contributed by atoms with Crippen LogP contribution in [0.5, 0.6) is 0 Å². The summed E-state index contributed by atoms with van der Waals surface area (Å²) in [6, 6.07) is 12.1. The number of hydrogen-bond donors (Lipinski definition) is 1. The molecule has 0 radical (unpaired) electrons. The Balaban J connectivity index is 1.81. The number of likely N-dealkylation sites (N-methyl/N-ethyl adjacent to an activating group) is 1. The van der Waals surface area contributed by atoms with Gasteiger partial charge in [0.15, 0.2) is 0 Å². The number of nitrogens with zero attached hydrogens (tertiary/aromatic N) is 3. The van der Waals surface area contributed by atoms with Crippen LogP contribution in [0.3, 0.4) is 0 Å². The summed E-state index contributed by atoms with van der Waals surface area (Å²) in [4.78, 5) is 14.7. The molecule has 5 heteroatoms. The minimum Gasteiger partial charge on any atom is -0.321 e. The zero-order valence-corrected chi connectivity index (χ0v) is 14.3. The van der Waals surface area contributed by atoms with Crippen LogP contribution >= 0.6 is 0 Å². The van der Waals surface area contributed by atoms with Gasteiger partial charge in [-0.3, -0.25) is 9.48 Å². The van der Waals surface area contributed by atoms with Crippen LogP contribution in [0, 0.1) is 6.92 Å². The normalized spacial score (nSPS) is 11.2. The van der Waals surface area contributed by atoms with Gasteiger partial charge in [-0.15, -0.1) is 0 Å². The second-order valence-electron chi connectivity index (χ2n) is 6.23. The minimum atomic E-state index is -0.134. The van der Waals surface area contributed by atoms with Crippen molar-refractivity contribution in [2.24, 2.45) is 0 Å². The van der Waals surface area contributed by atoms with Crippen molar-refractivity contribution in [3.8, 4) is 0 Å². The van der Waals surface area contributed by atoms with Gasteiger partial charge in [0.2, 0.25) is 0 Å². The van der Waals surface area contributed by atoms with E-state index in [1.165, 1.54) is 0 Å². The Morgan fingerprint density at radius 2 is 2.00 bits per heavy atom. The Hall–Kier alpha value is -2.66. The lowest BCUT2D eigenvalue weighted by Crippen LogP contribution is -2.18. The molecule has 0 bridgehead atoms. The quantitative estimate of drug-likeness (QED) is 0.785. The van der Waals surface area contributed by atoms with Crippen molar-refractivity contribution in [1.29, 1.82) is 0 Å². The molecule has 0 unspecified atom stereocenters. The predicted molar refractivity (Wildman–Crippen MR) is 97.4 cm³/mol. The van der Waals surface area contributed by atoms with Crippen LogP contribution < -0.4 is 5.32 Å². The fraction of sp³-hybridized carbons (Fsp3) is 0.263. The molecular formula is C19H22N4O. The Bertz CT molecular complexity index is 867. The first-order valence-electron chi connectivity index (χ1n) is 8.01. The topological polar surface area (TPSA) is 50.2 Å². The number of aromatic nitrogens is 2. The molecule has 1 aromatic heterocycles. The maximum absolute atomic E-state index is 12.6. The predicted octanol–water partition coefficient (Wildman–Crippen LogP) is 3.16. The molecule has 0 atom stereocenters. The summed E-state index contributed by atoms with van der Waals surface area (Å²) in [5, 5.41) is 9.47. The molecule has 0 aliphatic heterocycles. The van der Waals surface area contributed by atoms with Crippen molar-refractivity contribution in [2.45, 2.75) is 13.5 Å². The van der Waals surface area contributed by atoms with E-state index in [1.54, 1.807) is 17.1 Å². The highest BCUT2D eigenvalue weighted by Gasteiger charge is 2.12. The van der Waals surface area contributed by atoms with E-state index in [-0.39, 0.29) is 5.91 Å². The van der Waals surface area contributed by atoms with E-state index in [0.29, 0.717) is 5.56 Å². The Labute approximate surface area is 141 Å². The molecule has 1 heterocycles. The van der Waals surface area contributed by atoms with Crippen LogP contribution in [0.2, 0.25) is 0 Å². The number of benzene rings is 2. The van der Waals surface area contributed by atoms with Gasteiger partial charge in [0.1, 0.15) is 0 Å². The van der Waals surface area contributed by atoms with Gasteiger partial charge in [-0.25, -0.2) is 0 Å². The number of carbonyl (C=O) groups is 1. The molecule has 3 aromatic rings.